The molecule has 12 heavy (non-hydrogen) atoms. The van der Waals surface area contributed by atoms with Crippen molar-refractivity contribution in [1.82, 2.24) is 0 Å². The van der Waals surface area contributed by atoms with Crippen LogP contribution in [0.1, 0.15) is 11.1 Å². The molecule has 66 valence electrons. The van der Waals surface area contributed by atoms with Gasteiger partial charge in [0.1, 0.15) is 0 Å². The summed E-state index contributed by atoms with van der Waals surface area (Å²) in [5.74, 6) is 0. The third-order valence-corrected chi connectivity index (χ3v) is 2.34. The molecule has 0 radical (unpaired) electrons. The quantitative estimate of drug-likeness (QED) is 0.590. The second-order valence-corrected chi connectivity index (χ2v) is 5.17. The van der Waals surface area contributed by atoms with Crippen LogP contribution in [-0.4, -0.2) is 0 Å². The van der Waals surface area contributed by atoms with Crippen LogP contribution in [0.25, 0.3) is 0 Å². The third kappa shape index (κ3) is 2.43. The third-order valence-electron chi connectivity index (χ3n) is 1.49. The number of alkyl halides is 3. The van der Waals surface area contributed by atoms with Crippen molar-refractivity contribution in [2.75, 3.05) is 0 Å². The van der Waals surface area contributed by atoms with Gasteiger partial charge in [-0.3, -0.25) is 0 Å². The summed E-state index contributed by atoms with van der Waals surface area (Å²) in [5.41, 5.74) is 1.54. The number of hydrogen-bond acceptors (Lipinski definition) is 0. The molecule has 0 aromatic heterocycles. The van der Waals surface area contributed by atoms with Gasteiger partial charge in [-0.25, -0.2) is 0 Å². The molecule has 0 N–H and O–H groups in total. The van der Waals surface area contributed by atoms with Crippen molar-refractivity contribution >= 4 is 46.4 Å². The number of hydrogen-bond donors (Lipinski definition) is 0. The van der Waals surface area contributed by atoms with Crippen molar-refractivity contribution in [2.45, 2.75) is 10.7 Å². The molecule has 0 nitrogen and oxygen atoms in total. The SMILES string of the molecule is Cc1cc(Cl)ccc1C(Cl)(Cl)Cl. The predicted molar refractivity (Wildman–Crippen MR) is 55.4 cm³/mol. The molecule has 0 saturated heterocycles. The number of rotatable bonds is 0. The van der Waals surface area contributed by atoms with E-state index >= 15 is 0 Å². The zero-order valence-corrected chi connectivity index (χ0v) is 9.27. The molecule has 0 heterocycles. The summed E-state index contributed by atoms with van der Waals surface area (Å²) in [5, 5.41) is 0.644. The molecule has 1 aromatic carbocycles. The Bertz CT molecular complexity index is 288. The van der Waals surface area contributed by atoms with Crippen molar-refractivity contribution < 1.29 is 0 Å². The van der Waals surface area contributed by atoms with Crippen LogP contribution < -0.4 is 0 Å². The lowest BCUT2D eigenvalue weighted by atomic mass is 10.1. The van der Waals surface area contributed by atoms with Crippen LogP contribution in [0.15, 0.2) is 18.2 Å². The first-order valence-electron chi connectivity index (χ1n) is 3.24. The van der Waals surface area contributed by atoms with Gasteiger partial charge in [0.05, 0.1) is 0 Å². The van der Waals surface area contributed by atoms with Crippen LogP contribution in [0.2, 0.25) is 5.02 Å². The van der Waals surface area contributed by atoms with E-state index in [9.17, 15) is 0 Å². The Labute approximate surface area is 91.4 Å². The average molecular weight is 244 g/mol. The smallest absolute Gasteiger partial charge is 0.0843 e. The minimum absolute atomic E-state index is 0.644. The van der Waals surface area contributed by atoms with Gasteiger partial charge in [-0.15, -0.1) is 0 Å². The van der Waals surface area contributed by atoms with Gasteiger partial charge in [0.2, 0.25) is 3.79 Å². The Morgan fingerprint density at radius 2 is 1.75 bits per heavy atom. The molecule has 4 heteroatoms. The molecule has 0 aliphatic heterocycles. The highest BCUT2D eigenvalue weighted by Crippen LogP contribution is 2.40. The molecule has 1 aromatic rings. The van der Waals surface area contributed by atoms with E-state index in [-0.39, 0.29) is 0 Å². The van der Waals surface area contributed by atoms with E-state index < -0.39 is 3.79 Å². The van der Waals surface area contributed by atoms with Crippen LogP contribution in [0.4, 0.5) is 0 Å². The Morgan fingerprint density at radius 3 is 2.17 bits per heavy atom. The summed E-state index contributed by atoms with van der Waals surface area (Å²) < 4.78 is -1.37. The number of benzene rings is 1. The first-order chi connectivity index (χ1) is 5.41. The fourth-order valence-electron chi connectivity index (χ4n) is 0.945. The van der Waals surface area contributed by atoms with Crippen molar-refractivity contribution in [3.8, 4) is 0 Å². The lowest BCUT2D eigenvalue weighted by Gasteiger charge is -2.13. The molecule has 0 bridgehead atoms. The van der Waals surface area contributed by atoms with Crippen LogP contribution in [0.5, 0.6) is 0 Å². The van der Waals surface area contributed by atoms with E-state index in [1.807, 2.05) is 6.92 Å². The van der Waals surface area contributed by atoms with Gasteiger partial charge in [-0.1, -0.05) is 52.5 Å². The summed E-state index contributed by atoms with van der Waals surface area (Å²) in [6.07, 6.45) is 0. The topological polar surface area (TPSA) is 0 Å². The lowest BCUT2D eigenvalue weighted by molar-refractivity contribution is 1.19. The van der Waals surface area contributed by atoms with E-state index in [1.165, 1.54) is 0 Å². The number of aryl methyl sites for hydroxylation is 1. The van der Waals surface area contributed by atoms with Gasteiger partial charge in [0, 0.05) is 10.6 Å². The minimum Gasteiger partial charge on any atom is -0.0843 e. The summed E-state index contributed by atoms with van der Waals surface area (Å²) in [6, 6.07) is 5.18. The monoisotopic (exact) mass is 242 g/mol. The molecule has 0 spiro atoms. The van der Waals surface area contributed by atoms with Crippen LogP contribution in [-0.2, 0) is 3.79 Å². The van der Waals surface area contributed by atoms with E-state index in [1.54, 1.807) is 18.2 Å². The van der Waals surface area contributed by atoms with Gasteiger partial charge in [0.25, 0.3) is 0 Å². The maximum absolute atomic E-state index is 5.74. The molecule has 0 aliphatic carbocycles. The van der Waals surface area contributed by atoms with E-state index in [0.717, 1.165) is 5.56 Å². The average Bonchev–Trinajstić information content (AvgIpc) is 1.83. The second kappa shape index (κ2) is 3.63. The first-order valence-corrected chi connectivity index (χ1v) is 4.76. The molecular weight excluding hydrogens is 238 g/mol. The minimum atomic E-state index is -1.37. The van der Waals surface area contributed by atoms with Crippen molar-refractivity contribution in [2.24, 2.45) is 0 Å². The fraction of sp³-hybridized carbons (Fsp3) is 0.250. The van der Waals surface area contributed by atoms with Gasteiger partial charge < -0.3 is 0 Å². The van der Waals surface area contributed by atoms with Gasteiger partial charge in [-0.2, -0.15) is 0 Å². The first kappa shape index (κ1) is 10.5. The summed E-state index contributed by atoms with van der Waals surface area (Å²) in [7, 11) is 0. The van der Waals surface area contributed by atoms with E-state index in [4.69, 9.17) is 46.4 Å². The molecule has 0 fully saturated rings. The van der Waals surface area contributed by atoms with Gasteiger partial charge in [0.15, 0.2) is 0 Å². The van der Waals surface area contributed by atoms with E-state index in [0.29, 0.717) is 10.6 Å². The highest BCUT2D eigenvalue weighted by Gasteiger charge is 2.24. The van der Waals surface area contributed by atoms with Gasteiger partial charge in [-0.05, 0) is 24.6 Å². The van der Waals surface area contributed by atoms with Crippen molar-refractivity contribution in [3.05, 3.63) is 34.3 Å². The largest absolute Gasteiger partial charge is 0.216 e. The molecule has 0 unspecified atom stereocenters. The predicted octanol–water partition coefficient (Wildman–Crippen LogP) is 4.48. The zero-order valence-electron chi connectivity index (χ0n) is 6.24. The maximum atomic E-state index is 5.74. The van der Waals surface area contributed by atoms with E-state index in [2.05, 4.69) is 0 Å². The van der Waals surface area contributed by atoms with Crippen molar-refractivity contribution in [3.63, 3.8) is 0 Å². The second-order valence-electron chi connectivity index (χ2n) is 2.46. The van der Waals surface area contributed by atoms with Crippen LogP contribution >= 0.6 is 46.4 Å². The summed E-state index contributed by atoms with van der Waals surface area (Å²) >= 11 is 22.8. The molecule has 0 aliphatic rings. The van der Waals surface area contributed by atoms with Crippen LogP contribution in [0.3, 0.4) is 0 Å². The Morgan fingerprint density at radius 1 is 1.17 bits per heavy atom. The Balaban J connectivity index is 3.19. The fourth-order valence-corrected chi connectivity index (χ4v) is 1.81. The number of halogens is 4. The summed E-state index contributed by atoms with van der Waals surface area (Å²) in [4.78, 5) is 0. The molecule has 0 saturated carbocycles. The van der Waals surface area contributed by atoms with Gasteiger partial charge >= 0.3 is 0 Å². The summed E-state index contributed by atoms with van der Waals surface area (Å²) in [6.45, 7) is 1.85. The Kier molecular flexibility index (Phi) is 3.16. The highest BCUT2D eigenvalue weighted by atomic mass is 35.6. The van der Waals surface area contributed by atoms with Crippen LogP contribution in [0, 0.1) is 6.92 Å². The standard InChI is InChI=1S/C8H6Cl4/c1-5-4-6(9)2-3-7(5)8(10,11)12/h2-4H,1H3. The molecular formula is C8H6Cl4. The van der Waals surface area contributed by atoms with Crippen molar-refractivity contribution in [1.29, 1.82) is 0 Å². The molecule has 1 rings (SSSR count). The highest BCUT2D eigenvalue weighted by molar-refractivity contribution is 6.66. The zero-order chi connectivity index (χ0) is 9.35. The molecule has 0 amide bonds. The maximum Gasteiger partial charge on any atom is 0.216 e. The lowest BCUT2D eigenvalue weighted by Crippen LogP contribution is -2.02. The normalized spacial score (nSPS) is 11.8. The Hall–Kier alpha value is 0.380. The molecule has 0 atom stereocenters.